The Hall–Kier alpha value is -1.13. The summed E-state index contributed by atoms with van der Waals surface area (Å²) in [5, 5.41) is 3.49. The number of hydrogen-bond donors (Lipinski definition) is 1. The standard InChI is InChI=1S/C13H16ClFN2O/c1-17(8-10-3-2-6-16-10)13(18)11-5-4-9(15)7-12(11)14/h4-5,7,10,16H,2-3,6,8H2,1H3. The third-order valence-electron chi connectivity index (χ3n) is 3.16. The Morgan fingerprint density at radius 3 is 3.00 bits per heavy atom. The molecule has 1 heterocycles. The van der Waals surface area contributed by atoms with E-state index < -0.39 is 5.82 Å². The minimum Gasteiger partial charge on any atom is -0.340 e. The fourth-order valence-electron chi connectivity index (χ4n) is 2.19. The minimum atomic E-state index is -0.434. The second-order valence-corrected chi connectivity index (χ2v) is 5.01. The zero-order chi connectivity index (χ0) is 13.1. The van der Waals surface area contributed by atoms with Crippen molar-refractivity contribution in [3.05, 3.63) is 34.6 Å². The van der Waals surface area contributed by atoms with Crippen LogP contribution in [-0.2, 0) is 0 Å². The first-order valence-corrected chi connectivity index (χ1v) is 6.39. The molecule has 3 nitrogen and oxygen atoms in total. The Morgan fingerprint density at radius 1 is 1.61 bits per heavy atom. The Kier molecular flexibility index (Phi) is 4.19. The third-order valence-corrected chi connectivity index (χ3v) is 3.48. The molecule has 0 bridgehead atoms. The number of benzene rings is 1. The van der Waals surface area contributed by atoms with Crippen LogP contribution in [-0.4, -0.2) is 37.0 Å². The maximum atomic E-state index is 12.9. The molecule has 98 valence electrons. The summed E-state index contributed by atoms with van der Waals surface area (Å²) in [6, 6.07) is 4.19. The van der Waals surface area contributed by atoms with Crippen molar-refractivity contribution in [2.24, 2.45) is 0 Å². The van der Waals surface area contributed by atoms with Gasteiger partial charge in [-0.3, -0.25) is 4.79 Å². The number of hydrogen-bond acceptors (Lipinski definition) is 2. The molecule has 0 aliphatic carbocycles. The van der Waals surface area contributed by atoms with Gasteiger partial charge in [-0.2, -0.15) is 0 Å². The smallest absolute Gasteiger partial charge is 0.255 e. The molecule has 1 N–H and O–H groups in total. The molecule has 1 aliphatic heterocycles. The maximum absolute atomic E-state index is 12.9. The van der Waals surface area contributed by atoms with E-state index >= 15 is 0 Å². The van der Waals surface area contributed by atoms with E-state index in [1.165, 1.54) is 12.1 Å². The number of amides is 1. The van der Waals surface area contributed by atoms with Crippen molar-refractivity contribution >= 4 is 17.5 Å². The molecule has 1 aromatic carbocycles. The van der Waals surface area contributed by atoms with E-state index in [9.17, 15) is 9.18 Å². The number of halogens is 2. The van der Waals surface area contributed by atoms with Crippen LogP contribution in [0, 0.1) is 5.82 Å². The van der Waals surface area contributed by atoms with Gasteiger partial charge in [0.1, 0.15) is 5.82 Å². The Balaban J connectivity index is 2.05. The van der Waals surface area contributed by atoms with E-state index in [1.54, 1.807) is 11.9 Å². The minimum absolute atomic E-state index is 0.159. The van der Waals surface area contributed by atoms with Crippen molar-refractivity contribution in [1.82, 2.24) is 10.2 Å². The summed E-state index contributed by atoms with van der Waals surface area (Å²) in [5.74, 6) is -0.606. The second-order valence-electron chi connectivity index (χ2n) is 4.60. The van der Waals surface area contributed by atoms with Crippen molar-refractivity contribution in [3.63, 3.8) is 0 Å². The monoisotopic (exact) mass is 270 g/mol. The quantitative estimate of drug-likeness (QED) is 0.914. The summed E-state index contributed by atoms with van der Waals surface area (Å²) in [7, 11) is 1.74. The van der Waals surface area contributed by atoms with E-state index in [1.807, 2.05) is 0 Å². The zero-order valence-corrected chi connectivity index (χ0v) is 11.0. The summed E-state index contributed by atoms with van der Waals surface area (Å²) < 4.78 is 12.9. The van der Waals surface area contributed by atoms with Gasteiger partial charge in [-0.05, 0) is 37.6 Å². The Bertz CT molecular complexity index is 447. The van der Waals surface area contributed by atoms with Crippen LogP contribution in [0.3, 0.4) is 0 Å². The van der Waals surface area contributed by atoms with Crippen molar-refractivity contribution in [2.75, 3.05) is 20.1 Å². The summed E-state index contributed by atoms with van der Waals surface area (Å²) in [4.78, 5) is 13.8. The number of carbonyl (C=O) groups is 1. The number of rotatable bonds is 3. The molecule has 1 aromatic rings. The highest BCUT2D eigenvalue weighted by molar-refractivity contribution is 6.33. The lowest BCUT2D eigenvalue weighted by atomic mass is 10.1. The number of nitrogens with zero attached hydrogens (tertiary/aromatic N) is 1. The van der Waals surface area contributed by atoms with Crippen LogP contribution in [0.15, 0.2) is 18.2 Å². The average Bonchev–Trinajstić information content (AvgIpc) is 2.81. The van der Waals surface area contributed by atoms with Crippen LogP contribution in [0.1, 0.15) is 23.2 Å². The van der Waals surface area contributed by atoms with Crippen molar-refractivity contribution in [2.45, 2.75) is 18.9 Å². The van der Waals surface area contributed by atoms with Crippen molar-refractivity contribution in [1.29, 1.82) is 0 Å². The highest BCUT2D eigenvalue weighted by Gasteiger charge is 2.21. The fourth-order valence-corrected chi connectivity index (χ4v) is 2.44. The lowest BCUT2D eigenvalue weighted by molar-refractivity contribution is 0.0784. The van der Waals surface area contributed by atoms with Crippen LogP contribution in [0.2, 0.25) is 5.02 Å². The number of carbonyl (C=O) groups excluding carboxylic acids is 1. The molecule has 5 heteroatoms. The van der Waals surface area contributed by atoms with Gasteiger partial charge in [-0.25, -0.2) is 4.39 Å². The normalized spacial score (nSPS) is 18.9. The molecule has 1 aliphatic rings. The molecular weight excluding hydrogens is 255 g/mol. The molecule has 0 aromatic heterocycles. The van der Waals surface area contributed by atoms with E-state index in [2.05, 4.69) is 5.32 Å². The van der Waals surface area contributed by atoms with Crippen LogP contribution < -0.4 is 5.32 Å². The molecule has 0 radical (unpaired) electrons. The highest BCUT2D eigenvalue weighted by atomic mass is 35.5. The van der Waals surface area contributed by atoms with Gasteiger partial charge in [-0.1, -0.05) is 11.6 Å². The Morgan fingerprint density at radius 2 is 2.39 bits per heavy atom. The lowest BCUT2D eigenvalue weighted by Gasteiger charge is -2.21. The average molecular weight is 271 g/mol. The van der Waals surface area contributed by atoms with E-state index in [0.717, 1.165) is 25.5 Å². The summed E-state index contributed by atoms with van der Waals surface area (Å²) >= 11 is 5.88. The Labute approximate surface area is 111 Å². The first-order chi connectivity index (χ1) is 8.58. The number of likely N-dealkylation sites (N-methyl/N-ethyl adjacent to an activating group) is 1. The van der Waals surface area contributed by atoms with Gasteiger partial charge in [0, 0.05) is 19.6 Å². The zero-order valence-electron chi connectivity index (χ0n) is 10.2. The highest BCUT2D eigenvalue weighted by Crippen LogP contribution is 2.19. The molecule has 1 amide bonds. The van der Waals surface area contributed by atoms with Crippen LogP contribution in [0.5, 0.6) is 0 Å². The van der Waals surface area contributed by atoms with E-state index in [-0.39, 0.29) is 10.9 Å². The summed E-state index contributed by atoms with van der Waals surface area (Å²) in [5.41, 5.74) is 0.346. The summed E-state index contributed by atoms with van der Waals surface area (Å²) in [6.07, 6.45) is 2.22. The maximum Gasteiger partial charge on any atom is 0.255 e. The lowest BCUT2D eigenvalue weighted by Crippen LogP contribution is -2.38. The van der Waals surface area contributed by atoms with Gasteiger partial charge in [-0.15, -0.1) is 0 Å². The van der Waals surface area contributed by atoms with Crippen LogP contribution in [0.4, 0.5) is 4.39 Å². The second kappa shape index (κ2) is 5.67. The molecule has 1 saturated heterocycles. The summed E-state index contributed by atoms with van der Waals surface area (Å²) in [6.45, 7) is 1.65. The molecular formula is C13H16ClFN2O. The van der Waals surface area contributed by atoms with Crippen LogP contribution >= 0.6 is 11.6 Å². The van der Waals surface area contributed by atoms with E-state index in [0.29, 0.717) is 18.2 Å². The van der Waals surface area contributed by atoms with Crippen LogP contribution in [0.25, 0.3) is 0 Å². The molecule has 1 atom stereocenters. The predicted molar refractivity (Wildman–Crippen MR) is 69.4 cm³/mol. The molecule has 1 fully saturated rings. The molecule has 0 spiro atoms. The van der Waals surface area contributed by atoms with Gasteiger partial charge in [0.15, 0.2) is 0 Å². The van der Waals surface area contributed by atoms with Gasteiger partial charge in [0.05, 0.1) is 10.6 Å². The van der Waals surface area contributed by atoms with E-state index in [4.69, 9.17) is 11.6 Å². The van der Waals surface area contributed by atoms with Gasteiger partial charge >= 0.3 is 0 Å². The first-order valence-electron chi connectivity index (χ1n) is 6.02. The molecule has 2 rings (SSSR count). The van der Waals surface area contributed by atoms with Gasteiger partial charge in [0.2, 0.25) is 0 Å². The largest absolute Gasteiger partial charge is 0.340 e. The third kappa shape index (κ3) is 3.00. The van der Waals surface area contributed by atoms with Gasteiger partial charge in [0.25, 0.3) is 5.91 Å². The van der Waals surface area contributed by atoms with Gasteiger partial charge < -0.3 is 10.2 Å². The topological polar surface area (TPSA) is 32.3 Å². The first kappa shape index (κ1) is 13.3. The fraction of sp³-hybridized carbons (Fsp3) is 0.462. The molecule has 0 saturated carbocycles. The molecule has 1 unspecified atom stereocenters. The van der Waals surface area contributed by atoms with Crippen molar-refractivity contribution in [3.8, 4) is 0 Å². The SMILES string of the molecule is CN(CC1CCCN1)C(=O)c1ccc(F)cc1Cl. The predicted octanol–water partition coefficient (Wildman–Crippen LogP) is 2.30. The molecule has 18 heavy (non-hydrogen) atoms. The number of nitrogens with one attached hydrogen (secondary N) is 1. The van der Waals surface area contributed by atoms with Crippen molar-refractivity contribution < 1.29 is 9.18 Å².